The lowest BCUT2D eigenvalue weighted by Crippen LogP contribution is -2.25. The number of hydrogen-bond donors (Lipinski definition) is 1. The maximum absolute atomic E-state index is 13.1. The number of rotatable bonds is 6. The summed E-state index contributed by atoms with van der Waals surface area (Å²) in [6.07, 6.45) is 1.43. The first-order valence-corrected chi connectivity index (χ1v) is 9.08. The van der Waals surface area contributed by atoms with Crippen molar-refractivity contribution in [1.82, 2.24) is 9.55 Å². The molecule has 6 nitrogen and oxygen atoms in total. The van der Waals surface area contributed by atoms with Crippen molar-refractivity contribution in [3.63, 3.8) is 0 Å². The van der Waals surface area contributed by atoms with Crippen LogP contribution in [0, 0.1) is 18.3 Å². The highest BCUT2D eigenvalue weighted by atomic mass is 32.1. The molecule has 0 unspecified atom stereocenters. The molecule has 0 atom stereocenters. The zero-order chi connectivity index (χ0) is 18.7. The Hall–Kier alpha value is -2.98. The quantitative estimate of drug-likeness (QED) is 0.678. The van der Waals surface area contributed by atoms with Crippen molar-refractivity contribution in [2.45, 2.75) is 32.7 Å². The molecule has 7 heteroatoms. The van der Waals surface area contributed by atoms with Crippen LogP contribution in [0.5, 0.6) is 0 Å². The molecule has 0 saturated heterocycles. The second-order valence-corrected chi connectivity index (χ2v) is 7.01. The van der Waals surface area contributed by atoms with Gasteiger partial charge in [-0.15, -0.1) is 11.3 Å². The molecule has 0 spiro atoms. The van der Waals surface area contributed by atoms with Gasteiger partial charge in [0.1, 0.15) is 10.7 Å². The van der Waals surface area contributed by atoms with Gasteiger partial charge in [0.25, 0.3) is 11.5 Å². The summed E-state index contributed by atoms with van der Waals surface area (Å²) in [5.41, 5.74) is 6.86. The Morgan fingerprint density at radius 1 is 1.35 bits per heavy atom. The lowest BCUT2D eigenvalue weighted by molar-refractivity contribution is 0.100. The molecule has 2 aromatic heterocycles. The topological polar surface area (TPSA) is 102 Å². The van der Waals surface area contributed by atoms with Gasteiger partial charge in [0, 0.05) is 19.4 Å². The fourth-order valence-electron chi connectivity index (χ4n) is 2.95. The van der Waals surface area contributed by atoms with Crippen molar-refractivity contribution in [2.24, 2.45) is 5.73 Å². The fraction of sp³-hybridized carbons (Fsp3) is 0.263. The van der Waals surface area contributed by atoms with Gasteiger partial charge in [-0.1, -0.05) is 30.3 Å². The molecular formula is C19H18N4O2S. The van der Waals surface area contributed by atoms with Crippen LogP contribution >= 0.6 is 11.3 Å². The number of primary amides is 1. The summed E-state index contributed by atoms with van der Waals surface area (Å²) >= 11 is 1.16. The predicted molar refractivity (Wildman–Crippen MR) is 101 cm³/mol. The van der Waals surface area contributed by atoms with Crippen molar-refractivity contribution in [2.75, 3.05) is 0 Å². The van der Waals surface area contributed by atoms with E-state index in [9.17, 15) is 9.59 Å². The second kappa shape index (κ2) is 7.50. The number of hydrogen-bond acceptors (Lipinski definition) is 5. The minimum atomic E-state index is -0.550. The van der Waals surface area contributed by atoms with Crippen molar-refractivity contribution >= 4 is 27.5 Å². The highest BCUT2D eigenvalue weighted by Gasteiger charge is 2.20. The summed E-state index contributed by atoms with van der Waals surface area (Å²) in [5.74, 6) is 0.0782. The van der Waals surface area contributed by atoms with Crippen LogP contribution in [0.4, 0.5) is 0 Å². The standard InChI is InChI=1S/C19H18N4O2S/c1-12-15-18(26-16(12)17(21)24)22-14(11-13-7-3-2-4-8-13)23(19(15)25)10-6-5-9-20/h2-4,7-8H,5-6,10-11H2,1H3,(H2,21,24). The van der Waals surface area contributed by atoms with Gasteiger partial charge in [-0.05, 0) is 24.5 Å². The monoisotopic (exact) mass is 366 g/mol. The van der Waals surface area contributed by atoms with Crippen LogP contribution in [0.3, 0.4) is 0 Å². The number of benzene rings is 1. The van der Waals surface area contributed by atoms with E-state index in [4.69, 9.17) is 11.0 Å². The minimum Gasteiger partial charge on any atom is -0.365 e. The molecular weight excluding hydrogens is 348 g/mol. The SMILES string of the molecule is Cc1c(C(N)=O)sc2nc(Cc3ccccc3)n(CCCC#N)c(=O)c12. The Morgan fingerprint density at radius 2 is 2.08 bits per heavy atom. The zero-order valence-corrected chi connectivity index (χ0v) is 15.2. The number of unbranched alkanes of at least 4 members (excludes halogenated alkanes) is 1. The van der Waals surface area contributed by atoms with Crippen LogP contribution in [0.15, 0.2) is 35.1 Å². The number of nitriles is 1. The first-order valence-electron chi connectivity index (χ1n) is 8.26. The van der Waals surface area contributed by atoms with Crippen molar-refractivity contribution in [3.05, 3.63) is 62.5 Å². The van der Waals surface area contributed by atoms with Gasteiger partial charge in [0.05, 0.1) is 16.3 Å². The average Bonchev–Trinajstić information content (AvgIpc) is 2.95. The lowest BCUT2D eigenvalue weighted by atomic mass is 10.1. The minimum absolute atomic E-state index is 0.180. The molecule has 3 rings (SSSR count). The molecule has 3 aromatic rings. The molecule has 0 fully saturated rings. The molecule has 0 aliphatic rings. The molecule has 2 N–H and O–H groups in total. The van der Waals surface area contributed by atoms with Crippen molar-refractivity contribution in [1.29, 1.82) is 5.26 Å². The van der Waals surface area contributed by atoms with Gasteiger partial charge in [-0.3, -0.25) is 14.2 Å². The van der Waals surface area contributed by atoms with E-state index in [0.29, 0.717) is 52.3 Å². The summed E-state index contributed by atoms with van der Waals surface area (Å²) in [7, 11) is 0. The summed E-state index contributed by atoms with van der Waals surface area (Å²) in [4.78, 5) is 30.3. The van der Waals surface area contributed by atoms with Crippen LogP contribution < -0.4 is 11.3 Å². The van der Waals surface area contributed by atoms with Gasteiger partial charge in [0.2, 0.25) is 0 Å². The number of aryl methyl sites for hydroxylation is 1. The summed E-state index contributed by atoms with van der Waals surface area (Å²) < 4.78 is 1.62. The molecule has 26 heavy (non-hydrogen) atoms. The van der Waals surface area contributed by atoms with E-state index in [1.807, 2.05) is 30.3 Å². The first-order chi connectivity index (χ1) is 12.5. The number of amides is 1. The third kappa shape index (κ3) is 3.37. The highest BCUT2D eigenvalue weighted by molar-refractivity contribution is 7.20. The molecule has 1 amide bonds. The van der Waals surface area contributed by atoms with Gasteiger partial charge in [0.15, 0.2) is 0 Å². The van der Waals surface area contributed by atoms with Crippen LogP contribution in [0.25, 0.3) is 10.2 Å². The second-order valence-electron chi connectivity index (χ2n) is 6.01. The Balaban J connectivity index is 2.17. The van der Waals surface area contributed by atoms with E-state index in [1.165, 1.54) is 0 Å². The third-order valence-electron chi connectivity index (χ3n) is 4.23. The van der Waals surface area contributed by atoms with Crippen LogP contribution in [0.1, 0.15) is 39.5 Å². The number of fused-ring (bicyclic) bond motifs is 1. The van der Waals surface area contributed by atoms with Gasteiger partial charge in [-0.2, -0.15) is 5.26 Å². The van der Waals surface area contributed by atoms with Crippen LogP contribution in [-0.4, -0.2) is 15.5 Å². The van der Waals surface area contributed by atoms with Crippen molar-refractivity contribution in [3.8, 4) is 6.07 Å². The van der Waals surface area contributed by atoms with E-state index in [1.54, 1.807) is 11.5 Å². The third-order valence-corrected chi connectivity index (χ3v) is 5.43. The molecule has 1 aromatic carbocycles. The molecule has 0 aliphatic heterocycles. The summed E-state index contributed by atoms with van der Waals surface area (Å²) in [5, 5.41) is 9.24. The Kier molecular flexibility index (Phi) is 5.14. The zero-order valence-electron chi connectivity index (χ0n) is 14.4. The number of nitrogens with two attached hydrogens (primary N) is 1. The van der Waals surface area contributed by atoms with Gasteiger partial charge >= 0.3 is 0 Å². The van der Waals surface area contributed by atoms with E-state index >= 15 is 0 Å². The van der Waals surface area contributed by atoms with Crippen molar-refractivity contribution < 1.29 is 4.79 Å². The molecule has 0 saturated carbocycles. The summed E-state index contributed by atoms with van der Waals surface area (Å²) in [6.45, 7) is 2.14. The normalized spacial score (nSPS) is 10.8. The van der Waals surface area contributed by atoms with E-state index in [2.05, 4.69) is 11.1 Å². The van der Waals surface area contributed by atoms with Crippen LogP contribution in [-0.2, 0) is 13.0 Å². The maximum Gasteiger partial charge on any atom is 0.262 e. The van der Waals surface area contributed by atoms with Gasteiger partial charge in [-0.25, -0.2) is 4.98 Å². The fourth-order valence-corrected chi connectivity index (χ4v) is 4.00. The molecule has 0 radical (unpaired) electrons. The predicted octanol–water partition coefficient (Wildman–Crippen LogP) is 2.76. The lowest BCUT2D eigenvalue weighted by Gasteiger charge is -2.12. The Bertz CT molecular complexity index is 1060. The van der Waals surface area contributed by atoms with Crippen LogP contribution in [0.2, 0.25) is 0 Å². The largest absolute Gasteiger partial charge is 0.365 e. The number of aromatic nitrogens is 2. The Morgan fingerprint density at radius 3 is 2.73 bits per heavy atom. The summed E-state index contributed by atoms with van der Waals surface area (Å²) in [6, 6.07) is 11.9. The van der Waals surface area contributed by atoms with E-state index in [-0.39, 0.29) is 5.56 Å². The molecule has 132 valence electrons. The first kappa shape index (κ1) is 17.8. The molecule has 2 heterocycles. The average molecular weight is 366 g/mol. The van der Waals surface area contributed by atoms with Gasteiger partial charge < -0.3 is 5.73 Å². The molecule has 0 bridgehead atoms. The number of nitrogens with zero attached hydrogens (tertiary/aromatic N) is 3. The number of thiophene rings is 1. The van der Waals surface area contributed by atoms with E-state index < -0.39 is 5.91 Å². The highest BCUT2D eigenvalue weighted by Crippen LogP contribution is 2.27. The Labute approximate surface area is 154 Å². The maximum atomic E-state index is 13.1. The van der Waals surface area contributed by atoms with E-state index in [0.717, 1.165) is 16.9 Å². The number of carbonyl (C=O) groups is 1. The number of carbonyl (C=O) groups excluding carboxylic acids is 1. The smallest absolute Gasteiger partial charge is 0.262 e. The molecule has 0 aliphatic carbocycles.